The molecule has 1 aromatic carbocycles. The van der Waals surface area contributed by atoms with Gasteiger partial charge in [0.1, 0.15) is 16.5 Å². The van der Waals surface area contributed by atoms with E-state index < -0.39 is 0 Å². The van der Waals surface area contributed by atoms with Gasteiger partial charge in [0, 0.05) is 0 Å². The smallest absolute Gasteiger partial charge is 0.234 e. The van der Waals surface area contributed by atoms with E-state index in [1.165, 1.54) is 11.8 Å². The van der Waals surface area contributed by atoms with Crippen LogP contribution in [0.15, 0.2) is 51.8 Å². The summed E-state index contributed by atoms with van der Waals surface area (Å²) >= 11 is 3.13. The van der Waals surface area contributed by atoms with Crippen molar-refractivity contribution in [2.45, 2.75) is 31.3 Å². The number of hydrogen-bond acceptors (Lipinski definition) is 6. The number of methoxy groups -OCH3 is 1. The maximum atomic E-state index is 12.5. The van der Waals surface area contributed by atoms with Gasteiger partial charge in [0.25, 0.3) is 0 Å². The SMILES string of the molecule is COc1ccccc1NC(=O)CSC1=NC2(CCCC2)N=C1c1cccs1. The number of carbonyl (C=O) groups is 1. The maximum absolute atomic E-state index is 12.5. The summed E-state index contributed by atoms with van der Waals surface area (Å²) in [6.45, 7) is 0. The third kappa shape index (κ3) is 3.94. The number of nitrogens with zero attached hydrogens (tertiary/aromatic N) is 2. The number of ether oxygens (including phenoxy) is 1. The molecule has 1 spiro atoms. The third-order valence-corrected chi connectivity index (χ3v) is 6.55. The standard InChI is InChI=1S/C20H21N3O2S2/c1-25-15-8-3-2-7-14(15)21-17(24)13-27-19-18(16-9-6-12-26-16)22-20(23-19)10-4-5-11-20/h2-3,6-9,12H,4-5,10-11,13H2,1H3,(H,21,24). The fourth-order valence-electron chi connectivity index (χ4n) is 3.43. The summed E-state index contributed by atoms with van der Waals surface area (Å²) in [6, 6.07) is 11.5. The predicted octanol–water partition coefficient (Wildman–Crippen LogP) is 4.60. The fourth-order valence-corrected chi connectivity index (χ4v) is 5.08. The van der Waals surface area contributed by atoms with Gasteiger partial charge >= 0.3 is 0 Å². The van der Waals surface area contributed by atoms with Crippen LogP contribution in [0, 0.1) is 0 Å². The first kappa shape index (κ1) is 18.3. The van der Waals surface area contributed by atoms with Crippen molar-refractivity contribution in [2.75, 3.05) is 18.2 Å². The minimum absolute atomic E-state index is 0.0786. The van der Waals surface area contributed by atoms with E-state index in [0.717, 1.165) is 41.3 Å². The molecule has 2 aliphatic rings. The van der Waals surface area contributed by atoms with Crippen LogP contribution in [-0.4, -0.2) is 35.2 Å². The van der Waals surface area contributed by atoms with Crippen LogP contribution in [0.2, 0.25) is 0 Å². The highest BCUT2D eigenvalue weighted by atomic mass is 32.2. The second kappa shape index (κ2) is 7.86. The van der Waals surface area contributed by atoms with Gasteiger partial charge in [-0.3, -0.25) is 9.79 Å². The van der Waals surface area contributed by atoms with E-state index in [4.69, 9.17) is 14.7 Å². The van der Waals surface area contributed by atoms with E-state index in [0.29, 0.717) is 11.4 Å². The summed E-state index contributed by atoms with van der Waals surface area (Å²) in [4.78, 5) is 23.5. The molecule has 0 radical (unpaired) electrons. The van der Waals surface area contributed by atoms with E-state index in [2.05, 4.69) is 11.4 Å². The molecule has 27 heavy (non-hydrogen) atoms. The molecular weight excluding hydrogens is 378 g/mol. The van der Waals surface area contributed by atoms with Gasteiger partial charge < -0.3 is 10.1 Å². The van der Waals surface area contributed by atoms with Crippen molar-refractivity contribution < 1.29 is 9.53 Å². The molecule has 1 aliphatic heterocycles. The molecular formula is C20H21N3O2S2. The zero-order valence-corrected chi connectivity index (χ0v) is 16.7. The molecule has 5 nitrogen and oxygen atoms in total. The van der Waals surface area contributed by atoms with Crippen molar-refractivity contribution in [1.82, 2.24) is 0 Å². The third-order valence-electron chi connectivity index (χ3n) is 4.71. The molecule has 0 bridgehead atoms. The summed E-state index contributed by atoms with van der Waals surface area (Å²) in [5, 5.41) is 5.85. The van der Waals surface area contributed by atoms with Crippen LogP contribution in [0.4, 0.5) is 5.69 Å². The van der Waals surface area contributed by atoms with Gasteiger partial charge in [0.15, 0.2) is 5.66 Å². The lowest BCUT2D eigenvalue weighted by molar-refractivity contribution is -0.113. The molecule has 4 rings (SSSR count). The van der Waals surface area contributed by atoms with Gasteiger partial charge in [-0.2, -0.15) is 0 Å². The average molecular weight is 400 g/mol. The molecule has 7 heteroatoms. The molecule has 1 fully saturated rings. The van der Waals surface area contributed by atoms with E-state index in [1.54, 1.807) is 18.4 Å². The normalized spacial score (nSPS) is 17.7. The number of para-hydroxylation sites is 2. The van der Waals surface area contributed by atoms with Gasteiger partial charge in [-0.25, -0.2) is 4.99 Å². The van der Waals surface area contributed by atoms with E-state index in [-0.39, 0.29) is 17.3 Å². The maximum Gasteiger partial charge on any atom is 0.234 e. The molecule has 1 saturated carbocycles. The number of hydrogen-bond donors (Lipinski definition) is 1. The van der Waals surface area contributed by atoms with Gasteiger partial charge in [-0.05, 0) is 49.3 Å². The number of benzene rings is 1. The number of thiophene rings is 1. The zero-order chi connectivity index (χ0) is 18.7. The number of amides is 1. The minimum Gasteiger partial charge on any atom is -0.495 e. The molecule has 0 unspecified atom stereocenters. The Morgan fingerprint density at radius 2 is 2.04 bits per heavy atom. The first-order valence-corrected chi connectivity index (χ1v) is 10.9. The largest absolute Gasteiger partial charge is 0.495 e. The van der Waals surface area contributed by atoms with Gasteiger partial charge in [0.05, 0.1) is 23.4 Å². The second-order valence-corrected chi connectivity index (χ2v) is 8.49. The Kier molecular flexibility index (Phi) is 5.31. The number of carbonyl (C=O) groups excluding carboxylic acids is 1. The van der Waals surface area contributed by atoms with Crippen molar-refractivity contribution in [3.8, 4) is 5.75 Å². The zero-order valence-electron chi connectivity index (χ0n) is 15.1. The van der Waals surface area contributed by atoms with E-state index >= 15 is 0 Å². The molecule has 0 atom stereocenters. The van der Waals surface area contributed by atoms with Crippen molar-refractivity contribution in [1.29, 1.82) is 0 Å². The Morgan fingerprint density at radius 1 is 1.22 bits per heavy atom. The van der Waals surface area contributed by atoms with Gasteiger partial charge in [0.2, 0.25) is 5.91 Å². The van der Waals surface area contributed by atoms with Crippen LogP contribution < -0.4 is 10.1 Å². The fraction of sp³-hybridized carbons (Fsp3) is 0.350. The highest BCUT2D eigenvalue weighted by Gasteiger charge is 2.39. The first-order chi connectivity index (χ1) is 13.2. The topological polar surface area (TPSA) is 63.0 Å². The molecule has 1 aliphatic carbocycles. The predicted molar refractivity (Wildman–Crippen MR) is 114 cm³/mol. The molecule has 1 aromatic heterocycles. The summed E-state index contributed by atoms with van der Waals surface area (Å²) in [5.41, 5.74) is 1.33. The van der Waals surface area contributed by atoms with Crippen LogP contribution in [0.1, 0.15) is 30.6 Å². The number of nitrogens with one attached hydrogen (secondary N) is 1. The van der Waals surface area contributed by atoms with Crippen molar-refractivity contribution >= 4 is 45.4 Å². The van der Waals surface area contributed by atoms with Crippen LogP contribution in [-0.2, 0) is 4.79 Å². The molecule has 0 saturated heterocycles. The minimum atomic E-state index is -0.291. The summed E-state index contributed by atoms with van der Waals surface area (Å²) in [5.74, 6) is 0.863. The Bertz CT molecular complexity index is 884. The van der Waals surface area contributed by atoms with E-state index in [1.807, 2.05) is 35.7 Å². The molecule has 140 valence electrons. The number of anilines is 1. The first-order valence-electron chi connectivity index (χ1n) is 8.99. The lowest BCUT2D eigenvalue weighted by Crippen LogP contribution is -2.18. The quantitative estimate of drug-likeness (QED) is 0.799. The van der Waals surface area contributed by atoms with Crippen LogP contribution >= 0.6 is 23.1 Å². The highest BCUT2D eigenvalue weighted by Crippen LogP contribution is 2.40. The monoisotopic (exact) mass is 399 g/mol. The Hall–Kier alpha value is -2.12. The van der Waals surface area contributed by atoms with Crippen molar-refractivity contribution in [2.24, 2.45) is 9.98 Å². The Labute approximate surface area is 167 Å². The Morgan fingerprint density at radius 3 is 2.78 bits per heavy atom. The molecule has 2 heterocycles. The molecule has 1 N–H and O–H groups in total. The second-order valence-electron chi connectivity index (χ2n) is 6.58. The van der Waals surface area contributed by atoms with Crippen molar-refractivity contribution in [3.63, 3.8) is 0 Å². The number of rotatable bonds is 5. The summed E-state index contributed by atoms with van der Waals surface area (Å²) in [6.07, 6.45) is 4.33. The lowest BCUT2D eigenvalue weighted by Gasteiger charge is -2.14. The number of aliphatic imine (C=N–C) groups is 2. The van der Waals surface area contributed by atoms with Gasteiger partial charge in [-0.1, -0.05) is 30.0 Å². The highest BCUT2D eigenvalue weighted by molar-refractivity contribution is 8.16. The Balaban J connectivity index is 1.46. The lowest BCUT2D eigenvalue weighted by atomic mass is 10.1. The summed E-state index contributed by atoms with van der Waals surface area (Å²) in [7, 11) is 1.60. The van der Waals surface area contributed by atoms with Gasteiger partial charge in [-0.15, -0.1) is 11.3 Å². The molecule has 1 amide bonds. The van der Waals surface area contributed by atoms with Crippen LogP contribution in [0.5, 0.6) is 5.75 Å². The average Bonchev–Trinajstić information content (AvgIpc) is 3.42. The molecule has 2 aromatic rings. The van der Waals surface area contributed by atoms with E-state index in [9.17, 15) is 4.79 Å². The number of thioether (sulfide) groups is 1. The van der Waals surface area contributed by atoms with Crippen LogP contribution in [0.3, 0.4) is 0 Å². The van der Waals surface area contributed by atoms with Crippen LogP contribution in [0.25, 0.3) is 0 Å². The summed E-state index contributed by atoms with van der Waals surface area (Å²) < 4.78 is 5.29. The van der Waals surface area contributed by atoms with Crippen molar-refractivity contribution in [3.05, 3.63) is 46.7 Å².